The Labute approximate surface area is 113 Å². The molecule has 1 amide bonds. The standard InChI is InChI=1S/C14H21N3O2/c1-10(15)14(18)17-9-11-6-7-16-13(8-11)19-12-4-2-3-5-12/h6-8,10,12H,2-5,9,15H2,1H3,(H,17,18). The number of nitrogens with two attached hydrogens (primary N) is 1. The summed E-state index contributed by atoms with van der Waals surface area (Å²) in [7, 11) is 0. The Morgan fingerprint density at radius 2 is 2.32 bits per heavy atom. The molecule has 1 aliphatic rings. The van der Waals surface area contributed by atoms with E-state index in [0.29, 0.717) is 18.5 Å². The SMILES string of the molecule is CC(N)C(=O)NCc1ccnc(OC2CCCC2)c1. The molecule has 1 saturated carbocycles. The fourth-order valence-electron chi connectivity index (χ4n) is 2.15. The van der Waals surface area contributed by atoms with Crippen molar-refractivity contribution in [2.24, 2.45) is 5.73 Å². The summed E-state index contributed by atoms with van der Waals surface area (Å²) >= 11 is 0. The van der Waals surface area contributed by atoms with E-state index in [0.717, 1.165) is 18.4 Å². The molecule has 0 saturated heterocycles. The Morgan fingerprint density at radius 1 is 1.58 bits per heavy atom. The number of carbonyl (C=O) groups excluding carboxylic acids is 1. The van der Waals surface area contributed by atoms with E-state index in [9.17, 15) is 4.79 Å². The Balaban J connectivity index is 1.89. The van der Waals surface area contributed by atoms with Gasteiger partial charge in [-0.25, -0.2) is 4.98 Å². The van der Waals surface area contributed by atoms with Crippen molar-refractivity contribution in [2.45, 2.75) is 51.3 Å². The number of aromatic nitrogens is 1. The summed E-state index contributed by atoms with van der Waals surface area (Å²) in [6, 6.07) is 3.25. The van der Waals surface area contributed by atoms with Gasteiger partial charge in [-0.1, -0.05) is 0 Å². The van der Waals surface area contributed by atoms with Crippen LogP contribution < -0.4 is 15.8 Å². The van der Waals surface area contributed by atoms with Crippen LogP contribution in [0.3, 0.4) is 0 Å². The number of rotatable bonds is 5. The molecule has 0 aromatic carbocycles. The zero-order valence-electron chi connectivity index (χ0n) is 11.3. The van der Waals surface area contributed by atoms with Crippen LogP contribution in [0, 0.1) is 0 Å². The van der Waals surface area contributed by atoms with Gasteiger partial charge in [-0.2, -0.15) is 0 Å². The molecule has 0 aliphatic heterocycles. The molecular formula is C14H21N3O2. The average molecular weight is 263 g/mol. The van der Waals surface area contributed by atoms with Crippen molar-refractivity contribution < 1.29 is 9.53 Å². The lowest BCUT2D eigenvalue weighted by molar-refractivity contribution is -0.122. The first-order chi connectivity index (χ1) is 9.15. The second-order valence-corrected chi connectivity index (χ2v) is 5.03. The topological polar surface area (TPSA) is 77.2 Å². The van der Waals surface area contributed by atoms with Crippen molar-refractivity contribution in [1.29, 1.82) is 0 Å². The third-order valence-electron chi connectivity index (χ3n) is 3.27. The van der Waals surface area contributed by atoms with E-state index in [1.54, 1.807) is 13.1 Å². The van der Waals surface area contributed by atoms with Crippen LogP contribution in [0.25, 0.3) is 0 Å². The van der Waals surface area contributed by atoms with Crippen LogP contribution in [0.4, 0.5) is 0 Å². The Hall–Kier alpha value is -1.62. The number of ether oxygens (including phenoxy) is 1. The van der Waals surface area contributed by atoms with E-state index >= 15 is 0 Å². The first-order valence-electron chi connectivity index (χ1n) is 6.80. The predicted octanol–water partition coefficient (Wildman–Crippen LogP) is 1.37. The lowest BCUT2D eigenvalue weighted by atomic mass is 10.2. The fourth-order valence-corrected chi connectivity index (χ4v) is 2.15. The molecule has 5 nitrogen and oxygen atoms in total. The summed E-state index contributed by atoms with van der Waals surface area (Å²) < 4.78 is 5.82. The highest BCUT2D eigenvalue weighted by Gasteiger charge is 2.17. The third-order valence-corrected chi connectivity index (χ3v) is 3.27. The molecule has 1 atom stereocenters. The number of nitrogens with zero attached hydrogens (tertiary/aromatic N) is 1. The molecule has 0 bridgehead atoms. The summed E-state index contributed by atoms with van der Waals surface area (Å²) in [5, 5.41) is 2.77. The smallest absolute Gasteiger partial charge is 0.236 e. The fraction of sp³-hybridized carbons (Fsp3) is 0.571. The van der Waals surface area contributed by atoms with Crippen molar-refractivity contribution >= 4 is 5.91 Å². The van der Waals surface area contributed by atoms with Gasteiger partial charge in [0.05, 0.1) is 6.04 Å². The molecule has 3 N–H and O–H groups in total. The van der Waals surface area contributed by atoms with Crippen LogP contribution in [-0.2, 0) is 11.3 Å². The molecule has 2 rings (SSSR count). The van der Waals surface area contributed by atoms with Crippen LogP contribution in [-0.4, -0.2) is 23.0 Å². The van der Waals surface area contributed by atoms with E-state index in [2.05, 4.69) is 10.3 Å². The summed E-state index contributed by atoms with van der Waals surface area (Å²) in [6.07, 6.45) is 6.67. The highest BCUT2D eigenvalue weighted by Crippen LogP contribution is 2.23. The first-order valence-corrected chi connectivity index (χ1v) is 6.80. The average Bonchev–Trinajstić information content (AvgIpc) is 2.89. The number of pyridine rings is 1. The molecule has 0 spiro atoms. The van der Waals surface area contributed by atoms with E-state index < -0.39 is 6.04 Å². The lowest BCUT2D eigenvalue weighted by Crippen LogP contribution is -2.37. The first kappa shape index (κ1) is 13.8. The summed E-state index contributed by atoms with van der Waals surface area (Å²) in [4.78, 5) is 15.6. The van der Waals surface area contributed by atoms with Gasteiger partial charge in [0.25, 0.3) is 0 Å². The molecular weight excluding hydrogens is 242 g/mol. The zero-order valence-corrected chi connectivity index (χ0v) is 11.3. The Bertz CT molecular complexity index is 428. The monoisotopic (exact) mass is 263 g/mol. The van der Waals surface area contributed by atoms with Crippen molar-refractivity contribution in [2.75, 3.05) is 0 Å². The minimum Gasteiger partial charge on any atom is -0.474 e. The van der Waals surface area contributed by atoms with Crippen LogP contribution in [0.5, 0.6) is 5.88 Å². The van der Waals surface area contributed by atoms with Gasteiger partial charge in [-0.3, -0.25) is 4.79 Å². The lowest BCUT2D eigenvalue weighted by Gasteiger charge is -2.13. The van der Waals surface area contributed by atoms with Crippen LogP contribution >= 0.6 is 0 Å². The molecule has 1 unspecified atom stereocenters. The van der Waals surface area contributed by atoms with Crippen molar-refractivity contribution in [3.05, 3.63) is 23.9 Å². The van der Waals surface area contributed by atoms with Gasteiger partial charge in [0.2, 0.25) is 11.8 Å². The normalized spacial score (nSPS) is 17.2. The van der Waals surface area contributed by atoms with Gasteiger partial charge in [0.1, 0.15) is 6.10 Å². The highest BCUT2D eigenvalue weighted by atomic mass is 16.5. The van der Waals surface area contributed by atoms with Crippen molar-refractivity contribution in [1.82, 2.24) is 10.3 Å². The summed E-state index contributed by atoms with van der Waals surface area (Å²) in [5.41, 5.74) is 6.46. The number of carbonyl (C=O) groups is 1. The minimum absolute atomic E-state index is 0.157. The maximum absolute atomic E-state index is 11.4. The third kappa shape index (κ3) is 4.21. The number of nitrogens with one attached hydrogen (secondary N) is 1. The number of hydrogen-bond donors (Lipinski definition) is 2. The predicted molar refractivity (Wildman–Crippen MR) is 72.6 cm³/mol. The molecule has 1 aromatic rings. The molecule has 0 radical (unpaired) electrons. The highest BCUT2D eigenvalue weighted by molar-refractivity contribution is 5.80. The van der Waals surface area contributed by atoms with E-state index in [1.165, 1.54) is 12.8 Å². The van der Waals surface area contributed by atoms with Gasteiger partial charge >= 0.3 is 0 Å². The van der Waals surface area contributed by atoms with E-state index in [1.807, 2.05) is 12.1 Å². The summed E-state index contributed by atoms with van der Waals surface area (Å²) in [5.74, 6) is 0.481. The maximum atomic E-state index is 11.4. The molecule has 5 heteroatoms. The minimum atomic E-state index is -0.490. The molecule has 19 heavy (non-hydrogen) atoms. The van der Waals surface area contributed by atoms with Gasteiger partial charge in [-0.15, -0.1) is 0 Å². The maximum Gasteiger partial charge on any atom is 0.236 e. The zero-order chi connectivity index (χ0) is 13.7. The Kier molecular flexibility index (Phi) is 4.74. The Morgan fingerprint density at radius 3 is 3.00 bits per heavy atom. The van der Waals surface area contributed by atoms with Crippen molar-refractivity contribution in [3.63, 3.8) is 0 Å². The van der Waals surface area contributed by atoms with Gasteiger partial charge < -0.3 is 15.8 Å². The largest absolute Gasteiger partial charge is 0.474 e. The van der Waals surface area contributed by atoms with E-state index in [4.69, 9.17) is 10.5 Å². The van der Waals surface area contributed by atoms with E-state index in [-0.39, 0.29) is 5.91 Å². The number of hydrogen-bond acceptors (Lipinski definition) is 4. The quantitative estimate of drug-likeness (QED) is 0.841. The van der Waals surface area contributed by atoms with Gasteiger partial charge in [-0.05, 0) is 44.2 Å². The number of amides is 1. The molecule has 1 fully saturated rings. The van der Waals surface area contributed by atoms with Crippen LogP contribution in [0.1, 0.15) is 38.2 Å². The molecule has 104 valence electrons. The molecule has 1 aromatic heterocycles. The summed E-state index contributed by atoms with van der Waals surface area (Å²) in [6.45, 7) is 2.11. The second kappa shape index (κ2) is 6.52. The molecule has 1 heterocycles. The van der Waals surface area contributed by atoms with Gasteiger partial charge in [0, 0.05) is 18.8 Å². The van der Waals surface area contributed by atoms with Crippen LogP contribution in [0.15, 0.2) is 18.3 Å². The van der Waals surface area contributed by atoms with Crippen LogP contribution in [0.2, 0.25) is 0 Å². The molecule has 1 aliphatic carbocycles. The van der Waals surface area contributed by atoms with Crippen molar-refractivity contribution in [3.8, 4) is 5.88 Å². The van der Waals surface area contributed by atoms with Gasteiger partial charge in [0.15, 0.2) is 0 Å². The second-order valence-electron chi connectivity index (χ2n) is 5.03.